The molecule has 0 radical (unpaired) electrons. The van der Waals surface area contributed by atoms with Crippen LogP contribution in [0.25, 0.3) is 11.0 Å². The fourth-order valence-corrected chi connectivity index (χ4v) is 3.13. The average molecular weight is 317 g/mol. The van der Waals surface area contributed by atoms with E-state index in [0.29, 0.717) is 25.3 Å². The van der Waals surface area contributed by atoms with Gasteiger partial charge in [0.05, 0.1) is 11.5 Å². The molecule has 0 spiro atoms. The molecule has 0 saturated carbocycles. The van der Waals surface area contributed by atoms with Gasteiger partial charge in [0.15, 0.2) is 0 Å². The third-order valence-electron chi connectivity index (χ3n) is 4.18. The highest BCUT2D eigenvalue weighted by molar-refractivity contribution is 5.87. The molecule has 2 aromatic rings. The van der Waals surface area contributed by atoms with Crippen molar-refractivity contribution in [1.29, 1.82) is 0 Å². The summed E-state index contributed by atoms with van der Waals surface area (Å²) >= 11 is 0. The molecule has 0 bridgehead atoms. The summed E-state index contributed by atoms with van der Waals surface area (Å²) in [5.41, 5.74) is 2.30. The topological polar surface area (TPSA) is 71.7 Å². The second-order valence-electron chi connectivity index (χ2n) is 6.08. The molecule has 1 aliphatic rings. The number of fused-ring (bicyclic) bond motifs is 3. The summed E-state index contributed by atoms with van der Waals surface area (Å²) in [7, 11) is 0. The number of benzene rings is 1. The molecule has 1 aromatic heterocycles. The van der Waals surface area contributed by atoms with Gasteiger partial charge in [-0.3, -0.25) is 0 Å². The lowest BCUT2D eigenvalue weighted by Gasteiger charge is -2.18. The van der Waals surface area contributed by atoms with Crippen molar-refractivity contribution in [2.45, 2.75) is 38.7 Å². The zero-order valence-electron chi connectivity index (χ0n) is 13.4. The molecule has 124 valence electrons. The average Bonchev–Trinajstić information content (AvgIpc) is 2.54. The lowest BCUT2D eigenvalue weighted by atomic mass is 9.90. The fourth-order valence-electron chi connectivity index (χ4n) is 3.13. The Morgan fingerprint density at radius 1 is 1.30 bits per heavy atom. The second kappa shape index (κ2) is 7.15. The molecule has 1 heterocycles. The van der Waals surface area contributed by atoms with Crippen molar-refractivity contribution in [1.82, 2.24) is 5.32 Å². The van der Waals surface area contributed by atoms with Crippen LogP contribution >= 0.6 is 0 Å². The number of ether oxygens (including phenoxy) is 1. The van der Waals surface area contributed by atoms with Crippen molar-refractivity contribution in [3.63, 3.8) is 0 Å². The quantitative estimate of drug-likeness (QED) is 0.630. The van der Waals surface area contributed by atoms with Crippen LogP contribution in [0, 0.1) is 0 Å². The Morgan fingerprint density at radius 2 is 2.09 bits per heavy atom. The van der Waals surface area contributed by atoms with Gasteiger partial charge < -0.3 is 19.6 Å². The molecular formula is C18H23NO4. The maximum Gasteiger partial charge on any atom is 0.339 e. The van der Waals surface area contributed by atoms with Gasteiger partial charge in [-0.15, -0.1) is 0 Å². The number of aryl methyl sites for hydroxylation is 1. The van der Waals surface area contributed by atoms with E-state index in [1.807, 2.05) is 18.2 Å². The highest BCUT2D eigenvalue weighted by Gasteiger charge is 2.20. The van der Waals surface area contributed by atoms with Gasteiger partial charge in [-0.2, -0.15) is 0 Å². The van der Waals surface area contributed by atoms with Crippen LogP contribution in [0.1, 0.15) is 30.9 Å². The van der Waals surface area contributed by atoms with E-state index >= 15 is 0 Å². The highest BCUT2D eigenvalue weighted by Crippen LogP contribution is 2.33. The minimum absolute atomic E-state index is 0.206. The minimum atomic E-state index is -0.367. The van der Waals surface area contributed by atoms with Gasteiger partial charge in [0.2, 0.25) is 0 Å². The maximum atomic E-state index is 12.1. The van der Waals surface area contributed by atoms with Crippen LogP contribution in [-0.2, 0) is 12.8 Å². The van der Waals surface area contributed by atoms with E-state index < -0.39 is 0 Å². The summed E-state index contributed by atoms with van der Waals surface area (Å²) < 4.78 is 11.4. The number of aliphatic hydroxyl groups is 1. The van der Waals surface area contributed by atoms with Gasteiger partial charge >= 0.3 is 5.63 Å². The van der Waals surface area contributed by atoms with Gasteiger partial charge in [-0.05, 0) is 50.3 Å². The number of hydrogen-bond donors (Lipinski definition) is 2. The molecule has 1 atom stereocenters. The molecule has 1 aromatic carbocycles. The van der Waals surface area contributed by atoms with Crippen LogP contribution in [0.4, 0.5) is 0 Å². The zero-order valence-corrected chi connectivity index (χ0v) is 13.4. The zero-order chi connectivity index (χ0) is 16.2. The Bertz CT molecular complexity index is 736. The Hall–Kier alpha value is -1.85. The summed E-state index contributed by atoms with van der Waals surface area (Å²) in [5, 5.41) is 13.3. The van der Waals surface area contributed by atoms with E-state index in [1.165, 1.54) is 0 Å². The van der Waals surface area contributed by atoms with Crippen LogP contribution in [-0.4, -0.2) is 30.9 Å². The molecular weight excluding hydrogens is 294 g/mol. The van der Waals surface area contributed by atoms with Crippen molar-refractivity contribution in [3.8, 4) is 5.75 Å². The van der Waals surface area contributed by atoms with Crippen LogP contribution in [0.2, 0.25) is 0 Å². The van der Waals surface area contributed by atoms with Crippen LogP contribution in [0.3, 0.4) is 0 Å². The Morgan fingerprint density at radius 3 is 2.87 bits per heavy atom. The predicted octanol–water partition coefficient (Wildman–Crippen LogP) is 2.02. The maximum absolute atomic E-state index is 12.1. The van der Waals surface area contributed by atoms with Crippen molar-refractivity contribution in [2.24, 2.45) is 0 Å². The van der Waals surface area contributed by atoms with Crippen molar-refractivity contribution in [3.05, 3.63) is 39.7 Å². The van der Waals surface area contributed by atoms with E-state index in [0.717, 1.165) is 47.9 Å². The third-order valence-corrected chi connectivity index (χ3v) is 4.18. The predicted molar refractivity (Wildman–Crippen MR) is 89.2 cm³/mol. The van der Waals surface area contributed by atoms with Crippen molar-refractivity contribution < 1.29 is 14.3 Å². The Kier molecular flexibility index (Phi) is 4.98. The van der Waals surface area contributed by atoms with Gasteiger partial charge in [-0.1, -0.05) is 6.07 Å². The van der Waals surface area contributed by atoms with Gasteiger partial charge in [0.25, 0.3) is 0 Å². The monoisotopic (exact) mass is 317 g/mol. The van der Waals surface area contributed by atoms with E-state index in [1.54, 1.807) is 6.92 Å². The normalized spacial score (nSPS) is 15.4. The van der Waals surface area contributed by atoms with Gasteiger partial charge in [0.1, 0.15) is 17.9 Å². The van der Waals surface area contributed by atoms with Crippen LogP contribution in [0.5, 0.6) is 5.75 Å². The van der Waals surface area contributed by atoms with E-state index in [9.17, 15) is 9.90 Å². The molecule has 1 unspecified atom stereocenters. The molecule has 3 rings (SSSR count). The largest absolute Gasteiger partial charge is 0.491 e. The summed E-state index contributed by atoms with van der Waals surface area (Å²) in [6, 6.07) is 5.59. The molecule has 0 fully saturated rings. The van der Waals surface area contributed by atoms with Crippen LogP contribution in [0.15, 0.2) is 27.4 Å². The number of rotatable bonds is 6. The fraction of sp³-hybridized carbons (Fsp3) is 0.500. The minimum Gasteiger partial charge on any atom is -0.491 e. The Labute approximate surface area is 135 Å². The second-order valence-corrected chi connectivity index (χ2v) is 6.08. The third kappa shape index (κ3) is 3.57. The summed E-state index contributed by atoms with van der Waals surface area (Å²) in [5.74, 6) is 0.767. The lowest BCUT2D eigenvalue weighted by molar-refractivity contribution is 0.188. The van der Waals surface area contributed by atoms with Crippen molar-refractivity contribution >= 4 is 11.0 Å². The van der Waals surface area contributed by atoms with E-state index in [2.05, 4.69) is 5.32 Å². The summed E-state index contributed by atoms with van der Waals surface area (Å²) in [6.07, 6.45) is 3.45. The molecule has 5 nitrogen and oxygen atoms in total. The van der Waals surface area contributed by atoms with E-state index in [-0.39, 0.29) is 11.7 Å². The highest BCUT2D eigenvalue weighted by atomic mass is 16.5. The lowest BCUT2D eigenvalue weighted by Crippen LogP contribution is -2.28. The number of hydrogen-bond acceptors (Lipinski definition) is 5. The standard InChI is InChI=1S/C18H23NO4/c1-12(20)11-19-9-10-22-15-7-4-8-16-17(15)13-5-2-3-6-14(13)18(21)23-16/h4,7-8,12,19-20H,2-3,5-6,9-11H2,1H3. The van der Waals surface area contributed by atoms with Crippen molar-refractivity contribution in [2.75, 3.05) is 19.7 Å². The van der Waals surface area contributed by atoms with Gasteiger partial charge in [0, 0.05) is 18.7 Å². The molecule has 5 heteroatoms. The molecule has 0 amide bonds. The smallest absolute Gasteiger partial charge is 0.339 e. The molecule has 0 saturated heterocycles. The van der Waals surface area contributed by atoms with Crippen LogP contribution < -0.4 is 15.7 Å². The first-order valence-electron chi connectivity index (χ1n) is 8.26. The SMILES string of the molecule is CC(O)CNCCOc1cccc2oc(=O)c3c(c12)CCCC3. The first-order valence-corrected chi connectivity index (χ1v) is 8.26. The molecule has 23 heavy (non-hydrogen) atoms. The first-order chi connectivity index (χ1) is 11.2. The Balaban J connectivity index is 1.84. The number of nitrogens with one attached hydrogen (secondary N) is 1. The molecule has 0 aliphatic heterocycles. The first kappa shape index (κ1) is 16.0. The molecule has 2 N–H and O–H groups in total. The summed E-state index contributed by atoms with van der Waals surface area (Å²) in [4.78, 5) is 12.1. The molecule has 1 aliphatic carbocycles. The van der Waals surface area contributed by atoms with E-state index in [4.69, 9.17) is 9.15 Å². The van der Waals surface area contributed by atoms with Gasteiger partial charge in [-0.25, -0.2) is 4.79 Å². The summed E-state index contributed by atoms with van der Waals surface area (Å²) in [6.45, 7) is 3.44. The number of aliphatic hydroxyl groups excluding tert-OH is 1.